The molecule has 1 heterocycles. The van der Waals surface area contributed by atoms with E-state index in [2.05, 4.69) is 111 Å². The highest BCUT2D eigenvalue weighted by atomic mass is 14.8. The van der Waals surface area contributed by atoms with E-state index in [0.717, 1.165) is 28.3 Å². The standard InChI is InChI=1S/C32H41N3/c1-20(2)27-12-10-13-28(21(3)4)31(27)33-18-25-16-24(9)17-26(35-25)19-34-32-29(22(5)6)14-11-15-30(32)23(7)8/h10-23H,1-9H3/b33-18+,34-19+. The van der Waals surface area contributed by atoms with Crippen molar-refractivity contribution < 1.29 is 0 Å². The Labute approximate surface area is 212 Å². The van der Waals surface area contributed by atoms with Gasteiger partial charge in [0, 0.05) is 0 Å². The van der Waals surface area contributed by atoms with Crippen molar-refractivity contribution in [1.29, 1.82) is 0 Å². The molecule has 0 saturated heterocycles. The maximum Gasteiger partial charge on any atom is 0.0823 e. The molecule has 1 aromatic heterocycles. The summed E-state index contributed by atoms with van der Waals surface area (Å²) >= 11 is 0. The molecule has 0 unspecified atom stereocenters. The van der Waals surface area contributed by atoms with Crippen LogP contribution in [0.3, 0.4) is 0 Å². The van der Waals surface area contributed by atoms with Gasteiger partial charge < -0.3 is 0 Å². The Bertz CT molecular complexity index is 1070. The monoisotopic (exact) mass is 467 g/mol. The van der Waals surface area contributed by atoms with Gasteiger partial charge in [-0.25, -0.2) is 4.98 Å². The van der Waals surface area contributed by atoms with Crippen molar-refractivity contribution in [2.24, 2.45) is 9.98 Å². The molecule has 0 aliphatic rings. The summed E-state index contributed by atoms with van der Waals surface area (Å²) in [5.41, 5.74) is 10.1. The molecular weight excluding hydrogens is 426 g/mol. The van der Waals surface area contributed by atoms with Gasteiger partial charge in [0.05, 0.1) is 35.2 Å². The molecule has 2 aromatic carbocycles. The van der Waals surface area contributed by atoms with Crippen LogP contribution in [0, 0.1) is 6.92 Å². The Morgan fingerprint density at radius 2 is 0.886 bits per heavy atom. The second-order valence-electron chi connectivity index (χ2n) is 10.7. The first-order valence-electron chi connectivity index (χ1n) is 12.9. The number of para-hydroxylation sites is 2. The maximum atomic E-state index is 4.96. The summed E-state index contributed by atoms with van der Waals surface area (Å²) in [6.07, 6.45) is 3.80. The van der Waals surface area contributed by atoms with Crippen molar-refractivity contribution in [3.05, 3.63) is 87.7 Å². The number of aryl methyl sites for hydroxylation is 1. The number of hydrogen-bond acceptors (Lipinski definition) is 3. The number of rotatable bonds is 8. The fourth-order valence-electron chi connectivity index (χ4n) is 4.44. The zero-order chi connectivity index (χ0) is 25.7. The van der Waals surface area contributed by atoms with Gasteiger partial charge in [-0.05, 0) is 70.5 Å². The van der Waals surface area contributed by atoms with Crippen LogP contribution in [0.1, 0.15) is 118 Å². The molecule has 0 aliphatic carbocycles. The van der Waals surface area contributed by atoms with Gasteiger partial charge in [0.15, 0.2) is 0 Å². The van der Waals surface area contributed by atoms with Crippen LogP contribution >= 0.6 is 0 Å². The van der Waals surface area contributed by atoms with Crippen molar-refractivity contribution in [2.75, 3.05) is 0 Å². The van der Waals surface area contributed by atoms with Crippen LogP contribution < -0.4 is 0 Å². The average molecular weight is 468 g/mol. The highest BCUT2D eigenvalue weighted by Crippen LogP contribution is 2.35. The lowest BCUT2D eigenvalue weighted by molar-refractivity contribution is 0.835. The molecule has 0 bridgehead atoms. The van der Waals surface area contributed by atoms with E-state index in [0.29, 0.717) is 23.7 Å². The molecule has 0 amide bonds. The first-order chi connectivity index (χ1) is 16.6. The molecule has 0 aliphatic heterocycles. The third-order valence-corrected chi connectivity index (χ3v) is 6.35. The van der Waals surface area contributed by atoms with Crippen LogP contribution in [-0.4, -0.2) is 17.4 Å². The molecule has 184 valence electrons. The molecule has 3 heteroatoms. The minimum absolute atomic E-state index is 0.408. The van der Waals surface area contributed by atoms with Crippen molar-refractivity contribution in [2.45, 2.75) is 86.0 Å². The normalized spacial score (nSPS) is 12.4. The highest BCUT2D eigenvalue weighted by Gasteiger charge is 2.14. The largest absolute Gasteiger partial charge is 0.254 e. The van der Waals surface area contributed by atoms with Crippen LogP contribution in [0.5, 0.6) is 0 Å². The molecule has 0 N–H and O–H groups in total. The predicted octanol–water partition coefficient (Wildman–Crippen LogP) is 9.38. The maximum absolute atomic E-state index is 4.96. The smallest absolute Gasteiger partial charge is 0.0823 e. The highest BCUT2D eigenvalue weighted by molar-refractivity contribution is 5.85. The molecule has 0 atom stereocenters. The zero-order valence-corrected chi connectivity index (χ0v) is 22.9. The minimum Gasteiger partial charge on any atom is -0.254 e. The molecule has 3 aromatic rings. The van der Waals surface area contributed by atoms with Gasteiger partial charge in [-0.15, -0.1) is 0 Å². The fraction of sp³-hybridized carbons (Fsp3) is 0.406. The second-order valence-corrected chi connectivity index (χ2v) is 10.7. The van der Waals surface area contributed by atoms with E-state index in [1.807, 2.05) is 12.4 Å². The number of benzene rings is 2. The van der Waals surface area contributed by atoms with Crippen LogP contribution in [0.2, 0.25) is 0 Å². The van der Waals surface area contributed by atoms with E-state index in [-0.39, 0.29) is 0 Å². The van der Waals surface area contributed by atoms with Gasteiger partial charge in [0.2, 0.25) is 0 Å². The number of hydrogen-bond donors (Lipinski definition) is 0. The fourth-order valence-corrected chi connectivity index (χ4v) is 4.44. The Morgan fingerprint density at radius 1 is 0.571 bits per heavy atom. The quantitative estimate of drug-likeness (QED) is 0.304. The average Bonchev–Trinajstić information content (AvgIpc) is 2.80. The summed E-state index contributed by atoms with van der Waals surface area (Å²) in [4.78, 5) is 14.8. The minimum atomic E-state index is 0.408. The van der Waals surface area contributed by atoms with Crippen molar-refractivity contribution in [3.8, 4) is 0 Å². The van der Waals surface area contributed by atoms with Gasteiger partial charge in [-0.2, -0.15) is 0 Å². The summed E-state index contributed by atoms with van der Waals surface area (Å²) in [6, 6.07) is 17.2. The lowest BCUT2D eigenvalue weighted by atomic mass is 9.93. The van der Waals surface area contributed by atoms with Gasteiger partial charge >= 0.3 is 0 Å². The van der Waals surface area contributed by atoms with Crippen LogP contribution in [0.4, 0.5) is 11.4 Å². The Kier molecular flexibility index (Phi) is 8.77. The molecular formula is C32H41N3. The summed E-state index contributed by atoms with van der Waals surface area (Å²) in [5.74, 6) is 1.63. The second kappa shape index (κ2) is 11.6. The number of nitrogens with zero attached hydrogens (tertiary/aromatic N) is 3. The summed E-state index contributed by atoms with van der Waals surface area (Å²) in [7, 11) is 0. The molecule has 0 saturated carbocycles. The predicted molar refractivity (Wildman–Crippen MR) is 153 cm³/mol. The Morgan fingerprint density at radius 3 is 1.17 bits per heavy atom. The zero-order valence-electron chi connectivity index (χ0n) is 22.9. The van der Waals surface area contributed by atoms with Crippen molar-refractivity contribution in [1.82, 2.24) is 4.98 Å². The molecule has 0 radical (unpaired) electrons. The van der Waals surface area contributed by atoms with Gasteiger partial charge in [-0.3, -0.25) is 9.98 Å². The van der Waals surface area contributed by atoms with Gasteiger partial charge in [0.25, 0.3) is 0 Å². The Balaban J connectivity index is 2.01. The first-order valence-corrected chi connectivity index (χ1v) is 12.9. The molecule has 35 heavy (non-hydrogen) atoms. The molecule has 0 spiro atoms. The van der Waals surface area contributed by atoms with E-state index >= 15 is 0 Å². The lowest BCUT2D eigenvalue weighted by Gasteiger charge is -2.16. The van der Waals surface area contributed by atoms with E-state index in [4.69, 9.17) is 15.0 Å². The number of aliphatic imine (C=N–C) groups is 2. The van der Waals surface area contributed by atoms with Crippen molar-refractivity contribution >= 4 is 23.8 Å². The molecule has 0 fully saturated rings. The van der Waals surface area contributed by atoms with Gasteiger partial charge in [-0.1, -0.05) is 91.8 Å². The van der Waals surface area contributed by atoms with E-state index < -0.39 is 0 Å². The summed E-state index contributed by atoms with van der Waals surface area (Å²) in [5, 5.41) is 0. The number of pyridine rings is 1. The van der Waals surface area contributed by atoms with Crippen molar-refractivity contribution in [3.63, 3.8) is 0 Å². The Hall–Kier alpha value is -3.07. The van der Waals surface area contributed by atoms with Crippen LogP contribution in [0.15, 0.2) is 58.5 Å². The lowest BCUT2D eigenvalue weighted by Crippen LogP contribution is -1.99. The number of aromatic nitrogens is 1. The van der Waals surface area contributed by atoms with Crippen LogP contribution in [0.25, 0.3) is 0 Å². The van der Waals surface area contributed by atoms with E-state index in [1.165, 1.54) is 22.3 Å². The SMILES string of the molecule is Cc1cc(/C=N/c2c(C(C)C)cccc2C(C)C)nc(/C=N/c2c(C(C)C)cccc2C(C)C)c1. The third kappa shape index (κ3) is 6.54. The summed E-state index contributed by atoms with van der Waals surface area (Å²) < 4.78 is 0. The van der Waals surface area contributed by atoms with E-state index in [9.17, 15) is 0 Å². The summed E-state index contributed by atoms with van der Waals surface area (Å²) in [6.45, 7) is 19.9. The van der Waals surface area contributed by atoms with Crippen LogP contribution in [-0.2, 0) is 0 Å². The third-order valence-electron chi connectivity index (χ3n) is 6.35. The van der Waals surface area contributed by atoms with E-state index in [1.54, 1.807) is 0 Å². The first kappa shape index (κ1) is 26.5. The molecule has 3 nitrogen and oxygen atoms in total. The molecule has 3 rings (SSSR count). The van der Waals surface area contributed by atoms with Gasteiger partial charge in [0.1, 0.15) is 0 Å². The topological polar surface area (TPSA) is 37.6 Å².